The summed E-state index contributed by atoms with van der Waals surface area (Å²) in [5.41, 5.74) is 1.87. The van der Waals surface area contributed by atoms with Crippen LogP contribution in [0.4, 0.5) is 0 Å². The quantitative estimate of drug-likeness (QED) is 0.378. The molecule has 1 amide bonds. The smallest absolute Gasteiger partial charge is 0.225 e. The van der Waals surface area contributed by atoms with Crippen molar-refractivity contribution in [1.29, 1.82) is 0 Å². The van der Waals surface area contributed by atoms with Gasteiger partial charge in [0, 0.05) is 43.8 Å². The minimum Gasteiger partial charge on any atom is -0.357 e. The van der Waals surface area contributed by atoms with E-state index in [0.717, 1.165) is 37.7 Å². The molecule has 0 unspecified atom stereocenters. The maximum Gasteiger partial charge on any atom is 0.225 e. The van der Waals surface area contributed by atoms with Crippen LogP contribution in [0.3, 0.4) is 0 Å². The number of hydrogen-bond acceptors (Lipinski definition) is 3. The molecule has 1 rings (SSSR count). The highest BCUT2D eigenvalue weighted by atomic mass is 16.2. The molecule has 0 spiro atoms. The molecule has 0 saturated carbocycles. The van der Waals surface area contributed by atoms with Crippen LogP contribution in [0.2, 0.25) is 0 Å². The Labute approximate surface area is 151 Å². The number of nitrogens with one attached hydrogen (secondary N) is 3. The van der Waals surface area contributed by atoms with Gasteiger partial charge in [-0.15, -0.1) is 0 Å². The Morgan fingerprint density at radius 2 is 1.88 bits per heavy atom. The van der Waals surface area contributed by atoms with Crippen molar-refractivity contribution in [3.63, 3.8) is 0 Å². The van der Waals surface area contributed by atoms with Crippen molar-refractivity contribution in [3.05, 3.63) is 17.5 Å². The third kappa shape index (κ3) is 8.05. The lowest BCUT2D eigenvalue weighted by Gasteiger charge is -2.18. The van der Waals surface area contributed by atoms with Gasteiger partial charge in [-0.2, -0.15) is 5.10 Å². The average molecular weight is 351 g/mol. The number of carbonyl (C=O) groups is 1. The lowest BCUT2D eigenvalue weighted by atomic mass is 9.96. The van der Waals surface area contributed by atoms with Gasteiger partial charge in [-0.1, -0.05) is 20.8 Å². The zero-order chi connectivity index (χ0) is 18.9. The second-order valence-electron chi connectivity index (χ2n) is 7.20. The van der Waals surface area contributed by atoms with Gasteiger partial charge in [-0.25, -0.2) is 0 Å². The van der Waals surface area contributed by atoms with Crippen LogP contribution in [-0.4, -0.2) is 47.8 Å². The number of amides is 1. The molecular weight excluding hydrogens is 316 g/mol. The third-order valence-electron chi connectivity index (χ3n) is 3.63. The van der Waals surface area contributed by atoms with E-state index in [1.165, 1.54) is 5.69 Å². The van der Waals surface area contributed by atoms with Crippen molar-refractivity contribution in [1.82, 2.24) is 25.7 Å². The van der Waals surface area contributed by atoms with Crippen molar-refractivity contribution in [2.24, 2.45) is 10.4 Å². The third-order valence-corrected chi connectivity index (χ3v) is 3.63. The van der Waals surface area contributed by atoms with Crippen molar-refractivity contribution in [2.75, 3.05) is 26.2 Å². The SMILES string of the molecule is CCNC(=NCCCn1nc(C)cc1C)NCCNC(=O)C(C)(C)C. The van der Waals surface area contributed by atoms with E-state index >= 15 is 0 Å². The van der Waals surface area contributed by atoms with E-state index in [9.17, 15) is 4.79 Å². The average Bonchev–Trinajstić information content (AvgIpc) is 2.84. The molecule has 0 aliphatic rings. The van der Waals surface area contributed by atoms with Crippen LogP contribution in [0, 0.1) is 19.3 Å². The van der Waals surface area contributed by atoms with Crippen LogP contribution in [-0.2, 0) is 11.3 Å². The molecule has 7 nitrogen and oxygen atoms in total. The van der Waals surface area contributed by atoms with Gasteiger partial charge in [0.2, 0.25) is 5.91 Å². The molecule has 0 atom stereocenters. The summed E-state index contributed by atoms with van der Waals surface area (Å²) in [5.74, 6) is 0.835. The molecule has 0 aromatic carbocycles. The number of aromatic nitrogens is 2. The van der Waals surface area contributed by atoms with Gasteiger partial charge < -0.3 is 16.0 Å². The van der Waals surface area contributed by atoms with E-state index in [1.807, 2.05) is 39.3 Å². The van der Waals surface area contributed by atoms with Crippen LogP contribution in [0.5, 0.6) is 0 Å². The Bertz CT molecular complexity index is 571. The van der Waals surface area contributed by atoms with Gasteiger partial charge >= 0.3 is 0 Å². The zero-order valence-electron chi connectivity index (χ0n) is 16.6. The largest absolute Gasteiger partial charge is 0.357 e. The van der Waals surface area contributed by atoms with Crippen LogP contribution < -0.4 is 16.0 Å². The Morgan fingerprint density at radius 1 is 1.20 bits per heavy atom. The van der Waals surface area contributed by atoms with Crippen LogP contribution in [0.25, 0.3) is 0 Å². The standard InChI is InChI=1S/C18H34N6O/c1-7-19-17(22-11-10-20-16(25)18(4,5)6)21-9-8-12-24-15(3)13-14(2)23-24/h13H,7-12H2,1-6H3,(H,20,25)(H2,19,21,22). The van der Waals surface area contributed by atoms with Gasteiger partial charge in [0.25, 0.3) is 0 Å². The molecule has 1 heterocycles. The maximum absolute atomic E-state index is 11.8. The van der Waals surface area contributed by atoms with Crippen LogP contribution in [0.1, 0.15) is 45.5 Å². The Kier molecular flexibility index (Phi) is 8.45. The number of hydrogen-bond donors (Lipinski definition) is 3. The summed E-state index contributed by atoms with van der Waals surface area (Å²) in [4.78, 5) is 16.4. The van der Waals surface area contributed by atoms with E-state index < -0.39 is 0 Å². The molecule has 0 radical (unpaired) electrons. The molecular formula is C18H34N6O. The first-order valence-corrected chi connectivity index (χ1v) is 9.05. The topological polar surface area (TPSA) is 83.3 Å². The Balaban J connectivity index is 2.33. The highest BCUT2D eigenvalue weighted by Gasteiger charge is 2.20. The number of nitrogens with zero attached hydrogens (tertiary/aromatic N) is 3. The second kappa shape index (κ2) is 10.1. The number of carbonyl (C=O) groups excluding carboxylic acids is 1. The summed E-state index contributed by atoms with van der Waals surface area (Å²) in [7, 11) is 0. The fourth-order valence-electron chi connectivity index (χ4n) is 2.28. The number of aryl methyl sites for hydroxylation is 3. The van der Waals surface area contributed by atoms with Gasteiger partial charge in [-0.3, -0.25) is 14.5 Å². The molecule has 142 valence electrons. The summed E-state index contributed by atoms with van der Waals surface area (Å²) in [6, 6.07) is 2.08. The molecule has 3 N–H and O–H groups in total. The van der Waals surface area contributed by atoms with Gasteiger partial charge in [0.1, 0.15) is 0 Å². The van der Waals surface area contributed by atoms with Crippen molar-refractivity contribution >= 4 is 11.9 Å². The summed E-state index contributed by atoms with van der Waals surface area (Å²) >= 11 is 0. The summed E-state index contributed by atoms with van der Waals surface area (Å²) < 4.78 is 2.02. The summed E-state index contributed by atoms with van der Waals surface area (Å²) in [6.07, 6.45) is 0.930. The van der Waals surface area contributed by atoms with E-state index in [-0.39, 0.29) is 11.3 Å². The van der Waals surface area contributed by atoms with E-state index in [1.54, 1.807) is 0 Å². The lowest BCUT2D eigenvalue weighted by Crippen LogP contribution is -2.43. The molecule has 1 aromatic heterocycles. The number of guanidine groups is 1. The van der Waals surface area contributed by atoms with Gasteiger partial charge in [0.15, 0.2) is 5.96 Å². The maximum atomic E-state index is 11.8. The number of rotatable bonds is 8. The molecule has 7 heteroatoms. The molecule has 25 heavy (non-hydrogen) atoms. The van der Waals surface area contributed by atoms with Gasteiger partial charge in [0.05, 0.1) is 5.69 Å². The minimum absolute atomic E-state index is 0.0566. The molecule has 0 aliphatic carbocycles. The predicted octanol–water partition coefficient (Wildman–Crippen LogP) is 1.61. The molecule has 0 bridgehead atoms. The van der Waals surface area contributed by atoms with Crippen LogP contribution >= 0.6 is 0 Å². The molecule has 0 aliphatic heterocycles. The zero-order valence-corrected chi connectivity index (χ0v) is 16.6. The fraction of sp³-hybridized carbons (Fsp3) is 0.722. The second-order valence-corrected chi connectivity index (χ2v) is 7.20. The van der Waals surface area contributed by atoms with E-state index in [0.29, 0.717) is 13.1 Å². The van der Waals surface area contributed by atoms with Crippen molar-refractivity contribution in [2.45, 2.75) is 54.5 Å². The summed E-state index contributed by atoms with van der Waals surface area (Å²) in [6.45, 7) is 15.4. The van der Waals surface area contributed by atoms with Crippen LogP contribution in [0.15, 0.2) is 11.1 Å². The lowest BCUT2D eigenvalue weighted by molar-refractivity contribution is -0.128. The van der Waals surface area contributed by atoms with Crippen molar-refractivity contribution in [3.8, 4) is 0 Å². The Hall–Kier alpha value is -2.05. The fourth-order valence-corrected chi connectivity index (χ4v) is 2.28. The monoisotopic (exact) mass is 350 g/mol. The highest BCUT2D eigenvalue weighted by Crippen LogP contribution is 2.11. The molecule has 0 saturated heterocycles. The normalized spacial score (nSPS) is 12.2. The Morgan fingerprint density at radius 3 is 2.44 bits per heavy atom. The minimum atomic E-state index is -0.360. The van der Waals surface area contributed by atoms with Gasteiger partial charge in [-0.05, 0) is 33.3 Å². The van der Waals surface area contributed by atoms with E-state index in [4.69, 9.17) is 0 Å². The number of aliphatic imine (C=N–C) groups is 1. The first-order valence-electron chi connectivity index (χ1n) is 9.05. The van der Waals surface area contributed by atoms with Crippen molar-refractivity contribution < 1.29 is 4.79 Å². The van der Waals surface area contributed by atoms with E-state index in [2.05, 4.69) is 39.0 Å². The molecule has 0 fully saturated rings. The highest BCUT2D eigenvalue weighted by molar-refractivity contribution is 5.81. The predicted molar refractivity (Wildman–Crippen MR) is 103 cm³/mol. The summed E-state index contributed by atoms with van der Waals surface area (Å²) in [5, 5.41) is 13.8. The first kappa shape index (κ1) is 21.0. The molecule has 1 aromatic rings. The first-order chi connectivity index (χ1) is 11.7.